The summed E-state index contributed by atoms with van der Waals surface area (Å²) in [7, 11) is 2.23. The minimum Gasteiger partial charge on any atom is -0.370 e. The van der Waals surface area contributed by atoms with Gasteiger partial charge in [0.2, 0.25) is 65.0 Å². The van der Waals surface area contributed by atoms with Gasteiger partial charge in [0.1, 0.15) is 42.3 Å². The van der Waals surface area contributed by atoms with Gasteiger partial charge in [-0.1, -0.05) is 113 Å². The average Bonchev–Trinajstić information content (AvgIpc) is 3.94. The van der Waals surface area contributed by atoms with E-state index in [1.165, 1.54) is 4.90 Å². The highest BCUT2D eigenvalue weighted by Gasteiger charge is 2.41. The highest BCUT2D eigenvalue weighted by Crippen LogP contribution is 2.30. The van der Waals surface area contributed by atoms with Crippen LogP contribution in [0.25, 0.3) is 0 Å². The van der Waals surface area contributed by atoms with Crippen molar-refractivity contribution in [3.05, 3.63) is 108 Å². The van der Waals surface area contributed by atoms with Crippen molar-refractivity contribution >= 4 is 92.5 Å². The topological polar surface area (TPSA) is 418 Å². The Hall–Kier alpha value is -8.20. The van der Waals surface area contributed by atoms with Crippen molar-refractivity contribution in [2.24, 2.45) is 33.7 Å². The third-order valence-corrected chi connectivity index (χ3v) is 15.1. The number of carbonyl (C=O) groups is 11. The van der Waals surface area contributed by atoms with Crippen LogP contribution in [0.2, 0.25) is 0 Å². The first-order valence-corrected chi connectivity index (χ1v) is 28.0. The lowest BCUT2D eigenvalue weighted by atomic mass is 9.84. The van der Waals surface area contributed by atoms with Crippen molar-refractivity contribution in [2.45, 2.75) is 106 Å². The molecule has 0 spiro atoms. The molecule has 0 aromatic heterocycles. The van der Waals surface area contributed by atoms with Gasteiger partial charge in [0, 0.05) is 49.8 Å². The number of rotatable bonds is 20. The Bertz CT molecular complexity index is 2630. The molecule has 27 heteroatoms. The lowest BCUT2D eigenvalue weighted by molar-refractivity contribution is -0.142. The molecule has 2 saturated heterocycles. The van der Waals surface area contributed by atoms with Crippen molar-refractivity contribution in [2.75, 3.05) is 31.1 Å². The molecule has 5 rings (SSSR count). The number of aliphatic imine (C=N–C) groups is 1. The summed E-state index contributed by atoms with van der Waals surface area (Å²) in [5.41, 5.74) is 29.1. The van der Waals surface area contributed by atoms with Crippen molar-refractivity contribution in [1.29, 1.82) is 0 Å². The van der Waals surface area contributed by atoms with Crippen LogP contribution in [0.3, 0.4) is 0 Å². The van der Waals surface area contributed by atoms with E-state index in [-0.39, 0.29) is 62.7 Å². The van der Waals surface area contributed by atoms with Gasteiger partial charge in [-0.05, 0) is 48.8 Å². The lowest BCUT2D eigenvalue weighted by Gasteiger charge is -2.31. The molecule has 2 aliphatic heterocycles. The number of hydrogen-bond donors (Lipinski definition) is 12. The van der Waals surface area contributed by atoms with Gasteiger partial charge in [0.15, 0.2) is 5.96 Å². The van der Waals surface area contributed by atoms with E-state index in [1.54, 1.807) is 91.0 Å². The predicted molar refractivity (Wildman–Crippen MR) is 295 cm³/mol. The van der Waals surface area contributed by atoms with Crippen LogP contribution in [0.15, 0.2) is 96.0 Å². The molecule has 3 aromatic rings. The first-order chi connectivity index (χ1) is 37.8. The number of likely N-dealkylation sites (tertiary alicyclic amines) is 1. The fourth-order valence-electron chi connectivity index (χ4n) is 8.87. The van der Waals surface area contributed by atoms with Crippen LogP contribution in [0.5, 0.6) is 0 Å². The maximum Gasteiger partial charge on any atom is 0.246 e. The van der Waals surface area contributed by atoms with Gasteiger partial charge in [-0.3, -0.25) is 57.7 Å². The molecule has 7 atom stereocenters. The van der Waals surface area contributed by atoms with Gasteiger partial charge in [0.05, 0.1) is 13.0 Å². The first kappa shape index (κ1) is 61.7. The van der Waals surface area contributed by atoms with Crippen molar-refractivity contribution in [3.63, 3.8) is 0 Å². The molecule has 424 valence electrons. The molecule has 11 amide bonds. The maximum absolute atomic E-state index is 14.9. The highest BCUT2D eigenvalue weighted by molar-refractivity contribution is 8.76. The van der Waals surface area contributed by atoms with Crippen LogP contribution in [0.1, 0.15) is 74.0 Å². The van der Waals surface area contributed by atoms with E-state index in [0.717, 1.165) is 21.6 Å². The Morgan fingerprint density at radius 2 is 1.28 bits per heavy atom. The normalized spacial score (nSPS) is 21.1. The number of carbonyl (C=O) groups excluding carboxylic acids is 11. The molecule has 0 saturated carbocycles. The van der Waals surface area contributed by atoms with Crippen LogP contribution in [0.4, 0.5) is 0 Å². The summed E-state index contributed by atoms with van der Waals surface area (Å²) in [5, 5.41) is 18.4. The Kier molecular flexibility index (Phi) is 24.4. The Labute approximate surface area is 464 Å². The standard InChI is InChI=1S/C52H68N14O11S2/c53-39(67)21-20-34-46(72)62-36(27-40(54)68)48(74)64-37(51(77)66-24-11-19-38(66)49(75)61-33(18-10-23-58-52(56)57)45(71)59-28-41(55)69)29-79-78-25-22-42(70)65-44(43(31-14-6-2-7-15-31)32-16-8-3-9-17-32)50(76)63-35(47(73)60-34)26-30-12-4-1-5-13-30/h1-9,12-17,33-38,43-44H,10-11,18-29H2,(H2,53,67)(H2,54,68)(H2,55,69)(H,59,71)(H,60,73)(H,61,75)(H,62,72)(H,63,76)(H,64,74)(H,65,70)(H4,56,57,58)/t33-,34+,35+,36+,37+,38+,44-/m1/s1. The number of nitrogens with two attached hydrogens (primary N) is 5. The Balaban J connectivity index is 1.51. The second-order valence-electron chi connectivity index (χ2n) is 18.7. The third-order valence-electron chi connectivity index (χ3n) is 12.7. The van der Waals surface area contributed by atoms with Gasteiger partial charge in [-0.2, -0.15) is 0 Å². The Morgan fingerprint density at radius 1 is 0.684 bits per heavy atom. The van der Waals surface area contributed by atoms with E-state index < -0.39 is 139 Å². The zero-order valence-corrected chi connectivity index (χ0v) is 44.9. The van der Waals surface area contributed by atoms with Crippen LogP contribution in [-0.2, 0) is 59.2 Å². The number of hydrogen-bond acceptors (Lipinski definition) is 14. The molecule has 0 aliphatic carbocycles. The van der Waals surface area contributed by atoms with E-state index in [0.29, 0.717) is 23.1 Å². The van der Waals surface area contributed by atoms with E-state index >= 15 is 0 Å². The first-order valence-electron chi connectivity index (χ1n) is 25.5. The van der Waals surface area contributed by atoms with E-state index in [2.05, 4.69) is 42.2 Å². The summed E-state index contributed by atoms with van der Waals surface area (Å²) in [6.07, 6.45) is -1.24. The Morgan fingerprint density at radius 3 is 1.89 bits per heavy atom. The summed E-state index contributed by atoms with van der Waals surface area (Å²) in [5.74, 6) is -10.4. The van der Waals surface area contributed by atoms with Crippen LogP contribution >= 0.6 is 21.6 Å². The summed E-state index contributed by atoms with van der Waals surface area (Å²) < 4.78 is 0. The molecular weight excluding hydrogens is 1060 g/mol. The zero-order valence-electron chi connectivity index (χ0n) is 43.3. The van der Waals surface area contributed by atoms with Gasteiger partial charge < -0.3 is 70.8 Å². The monoisotopic (exact) mass is 1130 g/mol. The van der Waals surface area contributed by atoms with Gasteiger partial charge >= 0.3 is 0 Å². The minimum atomic E-state index is -1.77. The fraction of sp³-hybridized carbons (Fsp3) is 0.423. The molecule has 79 heavy (non-hydrogen) atoms. The molecule has 0 unspecified atom stereocenters. The van der Waals surface area contributed by atoms with E-state index in [4.69, 9.17) is 28.7 Å². The molecule has 3 aromatic carbocycles. The van der Waals surface area contributed by atoms with Gasteiger partial charge in [-0.15, -0.1) is 0 Å². The number of amides is 11. The summed E-state index contributed by atoms with van der Waals surface area (Å²) >= 11 is 0. The van der Waals surface area contributed by atoms with Crippen molar-refractivity contribution < 1.29 is 52.7 Å². The van der Waals surface area contributed by atoms with Crippen LogP contribution in [0, 0.1) is 0 Å². The largest absolute Gasteiger partial charge is 0.370 e. The second-order valence-corrected chi connectivity index (χ2v) is 21.3. The number of primary amides is 3. The van der Waals surface area contributed by atoms with Gasteiger partial charge in [-0.25, -0.2) is 0 Å². The number of nitrogens with zero attached hydrogens (tertiary/aromatic N) is 2. The number of nitrogens with one attached hydrogen (secondary N) is 7. The van der Waals surface area contributed by atoms with Crippen molar-refractivity contribution in [3.8, 4) is 0 Å². The molecule has 0 radical (unpaired) electrons. The van der Waals surface area contributed by atoms with Crippen molar-refractivity contribution in [1.82, 2.24) is 42.1 Å². The number of benzene rings is 3. The average molecular weight is 1130 g/mol. The van der Waals surface area contributed by atoms with Crippen LogP contribution in [-0.4, -0.2) is 149 Å². The molecule has 0 bridgehead atoms. The van der Waals surface area contributed by atoms with E-state index in [9.17, 15) is 52.7 Å². The third kappa shape index (κ3) is 20.0. The molecule has 25 nitrogen and oxygen atoms in total. The molecular formula is C52H68N14O11S2. The molecule has 2 fully saturated rings. The maximum atomic E-state index is 14.9. The molecule has 17 N–H and O–H groups in total. The predicted octanol–water partition coefficient (Wildman–Crippen LogP) is -2.46. The fourth-order valence-corrected chi connectivity index (χ4v) is 11.0. The summed E-state index contributed by atoms with van der Waals surface area (Å²) in [4.78, 5) is 156. The minimum absolute atomic E-state index is 0.0150. The summed E-state index contributed by atoms with van der Waals surface area (Å²) in [6.45, 7) is -0.395. The summed E-state index contributed by atoms with van der Waals surface area (Å²) in [6, 6.07) is 16.6. The smallest absolute Gasteiger partial charge is 0.246 e. The van der Waals surface area contributed by atoms with E-state index in [1.807, 2.05) is 0 Å². The SMILES string of the molecule is NC(=O)CC[C@@H]1NC(=O)[C@H](Cc2ccccc2)NC(=O)[C@@H](C(c2ccccc2)c2ccccc2)NC(=O)CCSSC[C@@H](C(=O)N2CCC[C@H]2C(=O)N[C@H](CCCN=C(N)N)C(=O)NCC(N)=O)NC(=O)[C@H](CC(N)=O)NC1=O. The highest BCUT2D eigenvalue weighted by atomic mass is 33.1. The molecule has 2 heterocycles. The van der Waals surface area contributed by atoms with Gasteiger partial charge in [0.25, 0.3) is 0 Å². The van der Waals surface area contributed by atoms with Crippen LogP contribution < -0.4 is 65.9 Å². The lowest BCUT2D eigenvalue weighted by Crippen LogP contribution is -2.61. The molecule has 2 aliphatic rings. The quantitative estimate of drug-likeness (QED) is 0.0242. The number of guanidine groups is 1. The zero-order chi connectivity index (χ0) is 57.4. The second kappa shape index (κ2) is 31.3.